The third-order valence-electron chi connectivity index (χ3n) is 2.57. The zero-order valence-corrected chi connectivity index (χ0v) is 11.0. The average Bonchev–Trinajstić information content (AvgIpc) is 2.47. The average molecular weight is 270 g/mol. The molecular formula is C12H14O7. The molecule has 0 aromatic rings. The third kappa shape index (κ3) is 2.59. The Kier molecular flexibility index (Phi) is 4.31. The summed E-state index contributed by atoms with van der Waals surface area (Å²) in [5.41, 5.74) is -0.884. The van der Waals surface area contributed by atoms with Crippen molar-refractivity contribution in [2.45, 2.75) is 20.0 Å². The minimum absolute atomic E-state index is 0.00264. The molecule has 0 aromatic carbocycles. The first kappa shape index (κ1) is 14.7. The topological polar surface area (TPSA) is 99.1 Å². The maximum absolute atomic E-state index is 11.8. The first-order valence-corrected chi connectivity index (χ1v) is 5.37. The number of ether oxygens (including phenoxy) is 3. The van der Waals surface area contributed by atoms with Crippen LogP contribution in [0.5, 0.6) is 0 Å². The van der Waals surface area contributed by atoms with Crippen molar-refractivity contribution in [3.63, 3.8) is 0 Å². The summed E-state index contributed by atoms with van der Waals surface area (Å²) in [5, 5.41) is 9.83. The number of hydrogen-bond donors (Lipinski definition) is 1. The van der Waals surface area contributed by atoms with Gasteiger partial charge in [-0.25, -0.2) is 9.59 Å². The largest absolute Gasteiger partial charge is 0.504 e. The quantitative estimate of drug-likeness (QED) is 0.725. The Morgan fingerprint density at radius 2 is 1.63 bits per heavy atom. The Labute approximate surface area is 109 Å². The maximum Gasteiger partial charge on any atom is 0.342 e. The lowest BCUT2D eigenvalue weighted by Gasteiger charge is -2.11. The fraction of sp³-hybridized carbons (Fsp3) is 0.417. The zero-order valence-electron chi connectivity index (χ0n) is 11.0. The molecule has 7 heteroatoms. The second kappa shape index (κ2) is 5.55. The molecule has 1 rings (SSSR count). The number of carbonyl (C=O) groups excluding carboxylic acids is 3. The molecule has 0 saturated heterocycles. The predicted molar refractivity (Wildman–Crippen MR) is 61.9 cm³/mol. The molecule has 0 aromatic heterocycles. The van der Waals surface area contributed by atoms with E-state index in [9.17, 15) is 19.5 Å². The second-order valence-electron chi connectivity index (χ2n) is 3.76. The number of allylic oxidation sites excluding steroid dienone is 1. The van der Waals surface area contributed by atoms with Crippen molar-refractivity contribution in [2.24, 2.45) is 0 Å². The molecule has 0 fully saturated rings. The van der Waals surface area contributed by atoms with Gasteiger partial charge in [0.15, 0.2) is 11.9 Å². The molecule has 0 bridgehead atoms. The molecule has 1 aliphatic heterocycles. The SMILES string of the molecule is COC(=O)C1=C(C)OC(C)C(=O)C(O)=C1C(=O)OC. The van der Waals surface area contributed by atoms with Crippen LogP contribution in [0.4, 0.5) is 0 Å². The highest BCUT2D eigenvalue weighted by molar-refractivity contribution is 6.13. The standard InChI is InChI=1S/C12H14O7/c1-5-7(11(15)17-3)8(12(16)18-4)10(14)9(13)6(2)19-5/h6,14H,1-4H3. The van der Waals surface area contributed by atoms with Crippen LogP contribution in [0.25, 0.3) is 0 Å². The minimum atomic E-state index is -1.03. The third-order valence-corrected chi connectivity index (χ3v) is 2.57. The lowest BCUT2D eigenvalue weighted by Crippen LogP contribution is -2.22. The first-order chi connectivity index (χ1) is 8.84. The van der Waals surface area contributed by atoms with Gasteiger partial charge in [0.05, 0.1) is 14.2 Å². The highest BCUT2D eigenvalue weighted by Gasteiger charge is 2.37. The molecule has 1 heterocycles. The van der Waals surface area contributed by atoms with Gasteiger partial charge in [-0.05, 0) is 13.8 Å². The number of methoxy groups -OCH3 is 2. The number of ketones is 1. The highest BCUT2D eigenvalue weighted by Crippen LogP contribution is 2.27. The normalized spacial score (nSPS) is 19.8. The van der Waals surface area contributed by atoms with Crippen LogP contribution >= 0.6 is 0 Å². The Morgan fingerprint density at radius 3 is 2.11 bits per heavy atom. The molecule has 0 amide bonds. The molecule has 7 nitrogen and oxygen atoms in total. The van der Waals surface area contributed by atoms with E-state index >= 15 is 0 Å². The second-order valence-corrected chi connectivity index (χ2v) is 3.76. The van der Waals surface area contributed by atoms with Crippen LogP contribution in [0.2, 0.25) is 0 Å². The van der Waals surface area contributed by atoms with Gasteiger partial charge in [0.25, 0.3) is 0 Å². The van der Waals surface area contributed by atoms with E-state index in [1.807, 2.05) is 0 Å². The lowest BCUT2D eigenvalue weighted by molar-refractivity contribution is -0.140. The number of aliphatic hydroxyl groups is 1. The summed E-state index contributed by atoms with van der Waals surface area (Å²) in [6, 6.07) is 0. The Balaban J connectivity index is 3.57. The number of Topliss-reactive ketones (excluding diaryl/α,β-unsaturated/α-hetero) is 1. The predicted octanol–water partition coefficient (Wildman–Crippen LogP) is 0.406. The van der Waals surface area contributed by atoms with Crippen LogP contribution < -0.4 is 0 Å². The first-order valence-electron chi connectivity index (χ1n) is 5.37. The number of rotatable bonds is 2. The molecule has 19 heavy (non-hydrogen) atoms. The van der Waals surface area contributed by atoms with Crippen LogP contribution in [-0.2, 0) is 28.6 Å². The van der Waals surface area contributed by atoms with Crippen molar-refractivity contribution in [2.75, 3.05) is 14.2 Å². The molecule has 0 radical (unpaired) electrons. The number of aliphatic hydroxyl groups excluding tert-OH is 1. The molecule has 1 aliphatic rings. The van der Waals surface area contributed by atoms with Gasteiger partial charge >= 0.3 is 11.9 Å². The van der Waals surface area contributed by atoms with Crippen molar-refractivity contribution in [1.29, 1.82) is 0 Å². The van der Waals surface area contributed by atoms with E-state index in [2.05, 4.69) is 9.47 Å². The monoisotopic (exact) mass is 270 g/mol. The summed E-state index contributed by atoms with van der Waals surface area (Å²) in [5.74, 6) is -3.64. The van der Waals surface area contributed by atoms with Crippen LogP contribution in [-0.4, -0.2) is 43.2 Å². The van der Waals surface area contributed by atoms with Gasteiger partial charge in [0.1, 0.15) is 16.9 Å². The number of esters is 2. The van der Waals surface area contributed by atoms with E-state index in [1.165, 1.54) is 13.8 Å². The fourth-order valence-corrected chi connectivity index (χ4v) is 1.64. The Bertz CT molecular complexity index is 498. The summed E-state index contributed by atoms with van der Waals surface area (Å²) < 4.78 is 14.2. The van der Waals surface area contributed by atoms with Crippen LogP contribution in [0.15, 0.2) is 22.7 Å². The Hall–Kier alpha value is -2.31. The van der Waals surface area contributed by atoms with Crippen LogP contribution in [0.1, 0.15) is 13.8 Å². The van der Waals surface area contributed by atoms with E-state index in [0.717, 1.165) is 14.2 Å². The van der Waals surface area contributed by atoms with Gasteiger partial charge in [-0.15, -0.1) is 0 Å². The highest BCUT2D eigenvalue weighted by atomic mass is 16.5. The van der Waals surface area contributed by atoms with E-state index < -0.39 is 35.2 Å². The van der Waals surface area contributed by atoms with Crippen molar-refractivity contribution >= 4 is 17.7 Å². The number of carbonyl (C=O) groups is 3. The lowest BCUT2D eigenvalue weighted by atomic mass is 10.0. The molecule has 1 atom stereocenters. The van der Waals surface area contributed by atoms with Gasteiger partial charge in [0, 0.05) is 0 Å². The fourth-order valence-electron chi connectivity index (χ4n) is 1.64. The van der Waals surface area contributed by atoms with E-state index in [0.29, 0.717) is 0 Å². The van der Waals surface area contributed by atoms with Gasteiger partial charge in [0.2, 0.25) is 5.78 Å². The number of hydrogen-bond acceptors (Lipinski definition) is 7. The molecule has 1 unspecified atom stereocenters. The summed E-state index contributed by atoms with van der Waals surface area (Å²) in [7, 11) is 2.16. The van der Waals surface area contributed by atoms with Gasteiger partial charge < -0.3 is 19.3 Å². The van der Waals surface area contributed by atoms with E-state index in [1.54, 1.807) is 0 Å². The molecule has 0 spiro atoms. The summed E-state index contributed by atoms with van der Waals surface area (Å²) in [6.07, 6.45) is -1.03. The van der Waals surface area contributed by atoms with Crippen molar-refractivity contribution < 1.29 is 33.7 Å². The smallest absolute Gasteiger partial charge is 0.342 e. The van der Waals surface area contributed by atoms with Crippen molar-refractivity contribution in [3.8, 4) is 0 Å². The molecule has 0 aliphatic carbocycles. The molecule has 104 valence electrons. The summed E-state index contributed by atoms with van der Waals surface area (Å²) >= 11 is 0. The van der Waals surface area contributed by atoms with Crippen molar-refractivity contribution in [1.82, 2.24) is 0 Å². The molecule has 1 N–H and O–H groups in total. The molecular weight excluding hydrogens is 256 g/mol. The van der Waals surface area contributed by atoms with E-state index in [-0.39, 0.29) is 11.3 Å². The minimum Gasteiger partial charge on any atom is -0.504 e. The van der Waals surface area contributed by atoms with Gasteiger partial charge in [-0.3, -0.25) is 4.79 Å². The van der Waals surface area contributed by atoms with Gasteiger partial charge in [-0.1, -0.05) is 0 Å². The molecule has 0 saturated carbocycles. The van der Waals surface area contributed by atoms with E-state index in [4.69, 9.17) is 4.74 Å². The van der Waals surface area contributed by atoms with Crippen LogP contribution in [0.3, 0.4) is 0 Å². The van der Waals surface area contributed by atoms with Crippen molar-refractivity contribution in [3.05, 3.63) is 22.7 Å². The van der Waals surface area contributed by atoms with Gasteiger partial charge in [-0.2, -0.15) is 0 Å². The summed E-state index contributed by atoms with van der Waals surface area (Å²) in [4.78, 5) is 35.1. The zero-order chi connectivity index (χ0) is 14.7. The summed E-state index contributed by atoms with van der Waals surface area (Å²) in [6.45, 7) is 2.77. The van der Waals surface area contributed by atoms with Crippen LogP contribution in [0, 0.1) is 0 Å². The Morgan fingerprint density at radius 1 is 1.16 bits per heavy atom. The maximum atomic E-state index is 11.8.